The molecule has 0 radical (unpaired) electrons. The predicted molar refractivity (Wildman–Crippen MR) is 109 cm³/mol. The zero-order valence-corrected chi connectivity index (χ0v) is 16.5. The second-order valence-corrected chi connectivity index (χ2v) is 6.98. The molecule has 0 saturated heterocycles. The molecule has 0 aliphatic heterocycles. The molecule has 0 bridgehead atoms. The van der Waals surface area contributed by atoms with Crippen molar-refractivity contribution in [1.82, 2.24) is 10.3 Å². The topological polar surface area (TPSA) is 124 Å². The lowest BCUT2D eigenvalue weighted by molar-refractivity contribution is -0.384. The van der Waals surface area contributed by atoms with Crippen LogP contribution in [0.2, 0.25) is 0 Å². The summed E-state index contributed by atoms with van der Waals surface area (Å²) in [6.07, 6.45) is 1.17. The molecule has 0 unspecified atom stereocenters. The molecule has 3 aromatic rings. The van der Waals surface area contributed by atoms with Gasteiger partial charge >= 0.3 is 12.1 Å². The Morgan fingerprint density at radius 1 is 1.17 bits per heavy atom. The van der Waals surface area contributed by atoms with Crippen LogP contribution in [0, 0.1) is 10.1 Å². The Morgan fingerprint density at radius 2 is 1.87 bits per heavy atom. The summed E-state index contributed by atoms with van der Waals surface area (Å²) in [7, 11) is 1.25. The molecule has 2 N–H and O–H groups in total. The van der Waals surface area contributed by atoms with Crippen molar-refractivity contribution in [1.29, 1.82) is 0 Å². The number of H-pyrrole nitrogens is 1. The number of ether oxygens (including phenoxy) is 2. The Hall–Kier alpha value is -3.88. The molecule has 0 spiro atoms. The first kappa shape index (κ1) is 20.8. The van der Waals surface area contributed by atoms with Crippen LogP contribution in [0.5, 0.6) is 0 Å². The minimum absolute atomic E-state index is 0.0554. The maximum absolute atomic E-state index is 12.4. The van der Waals surface area contributed by atoms with Crippen LogP contribution < -0.4 is 5.32 Å². The number of aromatic nitrogens is 1. The van der Waals surface area contributed by atoms with Crippen molar-refractivity contribution in [2.75, 3.05) is 7.11 Å². The standard InChI is InChI=1S/C21H21N3O6/c1-21(19(25)29-2,11-15-12-22-18-6-4-3-5-17(15)18)23-20(26)30-13-14-7-9-16(10-8-14)24(27)28/h3-10,12,22H,11,13H2,1-2H3,(H,23,26)/t21-/m1/s1. The molecule has 9 nitrogen and oxygen atoms in total. The van der Waals surface area contributed by atoms with E-state index in [1.54, 1.807) is 13.1 Å². The minimum Gasteiger partial charge on any atom is -0.467 e. The van der Waals surface area contributed by atoms with Crippen LogP contribution in [0.3, 0.4) is 0 Å². The average Bonchev–Trinajstić information content (AvgIpc) is 3.14. The molecule has 2 aromatic carbocycles. The van der Waals surface area contributed by atoms with Gasteiger partial charge in [-0.3, -0.25) is 10.1 Å². The van der Waals surface area contributed by atoms with E-state index in [-0.39, 0.29) is 18.7 Å². The van der Waals surface area contributed by atoms with Gasteiger partial charge in [0.15, 0.2) is 0 Å². The second-order valence-electron chi connectivity index (χ2n) is 6.98. The average molecular weight is 411 g/mol. The molecule has 1 heterocycles. The minimum atomic E-state index is -1.35. The van der Waals surface area contributed by atoms with E-state index in [9.17, 15) is 19.7 Å². The zero-order valence-electron chi connectivity index (χ0n) is 16.5. The van der Waals surface area contributed by atoms with Gasteiger partial charge in [0.05, 0.1) is 12.0 Å². The quantitative estimate of drug-likeness (QED) is 0.348. The van der Waals surface area contributed by atoms with Crippen LogP contribution in [0.25, 0.3) is 10.9 Å². The number of rotatable bonds is 7. The van der Waals surface area contributed by atoms with Crippen molar-refractivity contribution in [2.45, 2.75) is 25.5 Å². The van der Waals surface area contributed by atoms with Crippen molar-refractivity contribution in [3.8, 4) is 0 Å². The summed E-state index contributed by atoms with van der Waals surface area (Å²) in [6, 6.07) is 13.3. The third kappa shape index (κ3) is 4.57. The summed E-state index contributed by atoms with van der Waals surface area (Å²) < 4.78 is 10.1. The summed E-state index contributed by atoms with van der Waals surface area (Å²) in [6.45, 7) is 1.46. The molecular formula is C21H21N3O6. The Balaban J connectivity index is 1.69. The largest absolute Gasteiger partial charge is 0.467 e. The van der Waals surface area contributed by atoms with E-state index in [0.29, 0.717) is 5.56 Å². The van der Waals surface area contributed by atoms with Gasteiger partial charge in [0.2, 0.25) is 0 Å². The van der Waals surface area contributed by atoms with Crippen molar-refractivity contribution >= 4 is 28.7 Å². The summed E-state index contributed by atoms with van der Waals surface area (Å²) in [5.41, 5.74) is 0.925. The highest BCUT2D eigenvalue weighted by Gasteiger charge is 2.37. The lowest BCUT2D eigenvalue weighted by atomic mass is 9.92. The van der Waals surface area contributed by atoms with Crippen LogP contribution in [-0.4, -0.2) is 34.6 Å². The fraction of sp³-hybridized carbons (Fsp3) is 0.238. The number of benzene rings is 2. The van der Waals surface area contributed by atoms with Gasteiger partial charge in [-0.15, -0.1) is 0 Å². The molecule has 1 amide bonds. The van der Waals surface area contributed by atoms with Gasteiger partial charge in [-0.25, -0.2) is 9.59 Å². The number of nitro benzene ring substituents is 1. The van der Waals surface area contributed by atoms with E-state index in [2.05, 4.69) is 10.3 Å². The number of carbonyl (C=O) groups is 2. The van der Waals surface area contributed by atoms with Crippen molar-refractivity contribution in [2.24, 2.45) is 0 Å². The number of non-ortho nitro benzene ring substituents is 1. The van der Waals surface area contributed by atoms with Gasteiger partial charge in [0.1, 0.15) is 12.1 Å². The van der Waals surface area contributed by atoms with Gasteiger partial charge in [-0.05, 0) is 36.2 Å². The van der Waals surface area contributed by atoms with Crippen molar-refractivity contribution < 1.29 is 24.0 Å². The number of para-hydroxylation sites is 1. The molecule has 0 fully saturated rings. The fourth-order valence-electron chi connectivity index (χ4n) is 3.18. The molecule has 30 heavy (non-hydrogen) atoms. The van der Waals surface area contributed by atoms with Gasteiger partial charge < -0.3 is 19.8 Å². The van der Waals surface area contributed by atoms with E-state index in [1.165, 1.54) is 31.4 Å². The zero-order chi connectivity index (χ0) is 21.7. The summed E-state index contributed by atoms with van der Waals surface area (Å²) >= 11 is 0. The number of nitrogens with one attached hydrogen (secondary N) is 2. The molecule has 156 valence electrons. The Morgan fingerprint density at radius 3 is 2.53 bits per heavy atom. The molecule has 1 atom stereocenters. The fourth-order valence-corrected chi connectivity index (χ4v) is 3.18. The normalized spacial score (nSPS) is 12.7. The lowest BCUT2D eigenvalue weighted by Crippen LogP contribution is -2.54. The number of amides is 1. The monoisotopic (exact) mass is 411 g/mol. The first-order valence-electron chi connectivity index (χ1n) is 9.14. The molecular weight excluding hydrogens is 390 g/mol. The van der Waals surface area contributed by atoms with Gasteiger partial charge in [-0.1, -0.05) is 18.2 Å². The van der Waals surface area contributed by atoms with Gasteiger partial charge in [0, 0.05) is 35.7 Å². The summed E-state index contributed by atoms with van der Waals surface area (Å²) in [5, 5.41) is 14.2. The van der Waals surface area contributed by atoms with Crippen LogP contribution >= 0.6 is 0 Å². The number of hydrogen-bond donors (Lipinski definition) is 2. The first-order valence-corrected chi connectivity index (χ1v) is 9.14. The number of methoxy groups -OCH3 is 1. The van der Waals surface area contributed by atoms with E-state index in [1.807, 2.05) is 24.3 Å². The highest BCUT2D eigenvalue weighted by Crippen LogP contribution is 2.23. The number of nitro groups is 1. The van der Waals surface area contributed by atoms with E-state index < -0.39 is 22.5 Å². The number of esters is 1. The molecule has 0 saturated carbocycles. The van der Waals surface area contributed by atoms with Gasteiger partial charge in [0.25, 0.3) is 5.69 Å². The van der Waals surface area contributed by atoms with E-state index >= 15 is 0 Å². The van der Waals surface area contributed by atoms with Crippen LogP contribution in [-0.2, 0) is 27.3 Å². The van der Waals surface area contributed by atoms with E-state index in [4.69, 9.17) is 9.47 Å². The maximum Gasteiger partial charge on any atom is 0.408 e. The second kappa shape index (κ2) is 8.64. The predicted octanol–water partition coefficient (Wildman–Crippen LogP) is 3.48. The SMILES string of the molecule is COC(=O)[C@@](C)(Cc1c[nH]c2ccccc12)NC(=O)OCc1ccc([N+](=O)[O-])cc1. The third-order valence-electron chi connectivity index (χ3n) is 4.75. The summed E-state index contributed by atoms with van der Waals surface area (Å²) in [4.78, 5) is 38.1. The molecule has 9 heteroatoms. The first-order chi connectivity index (χ1) is 14.3. The number of hydrogen-bond acceptors (Lipinski definition) is 6. The molecule has 0 aliphatic carbocycles. The number of alkyl carbamates (subject to hydrolysis) is 1. The number of aromatic amines is 1. The van der Waals surface area contributed by atoms with Crippen molar-refractivity contribution in [3.05, 3.63) is 76.0 Å². The molecule has 1 aromatic heterocycles. The number of carbonyl (C=O) groups excluding carboxylic acids is 2. The highest BCUT2D eigenvalue weighted by atomic mass is 16.6. The molecule has 0 aliphatic rings. The summed E-state index contributed by atoms with van der Waals surface area (Å²) in [5.74, 6) is -0.611. The highest BCUT2D eigenvalue weighted by molar-refractivity contribution is 5.88. The Labute approximate surface area is 172 Å². The van der Waals surface area contributed by atoms with Crippen LogP contribution in [0.15, 0.2) is 54.7 Å². The smallest absolute Gasteiger partial charge is 0.408 e. The lowest BCUT2D eigenvalue weighted by Gasteiger charge is -2.27. The Bertz CT molecular complexity index is 1080. The number of fused-ring (bicyclic) bond motifs is 1. The van der Waals surface area contributed by atoms with Crippen LogP contribution in [0.1, 0.15) is 18.1 Å². The van der Waals surface area contributed by atoms with E-state index in [0.717, 1.165) is 16.5 Å². The third-order valence-corrected chi connectivity index (χ3v) is 4.75. The number of nitrogens with zero attached hydrogens (tertiary/aromatic N) is 1. The molecule has 3 rings (SSSR count). The van der Waals surface area contributed by atoms with Crippen LogP contribution in [0.4, 0.5) is 10.5 Å². The maximum atomic E-state index is 12.4. The Kier molecular flexibility index (Phi) is 6.01. The van der Waals surface area contributed by atoms with Gasteiger partial charge in [-0.2, -0.15) is 0 Å². The van der Waals surface area contributed by atoms with Crippen molar-refractivity contribution in [3.63, 3.8) is 0 Å².